The molecule has 0 bridgehead atoms. The Labute approximate surface area is 245 Å². The first-order chi connectivity index (χ1) is 19.1. The van der Waals surface area contributed by atoms with Crippen molar-refractivity contribution in [2.45, 2.75) is 33.7 Å². The van der Waals surface area contributed by atoms with E-state index in [1.54, 1.807) is 18.4 Å². The summed E-state index contributed by atoms with van der Waals surface area (Å²) in [6, 6.07) is 17.5. The first-order valence-electron chi connectivity index (χ1n) is 13.0. The molecule has 0 fully saturated rings. The van der Waals surface area contributed by atoms with Gasteiger partial charge in [-0.05, 0) is 87.4 Å². The van der Waals surface area contributed by atoms with Gasteiger partial charge >= 0.3 is 5.97 Å². The summed E-state index contributed by atoms with van der Waals surface area (Å²) in [5.41, 5.74) is 6.71. The Morgan fingerprint density at radius 3 is 2.40 bits per heavy atom. The van der Waals surface area contributed by atoms with E-state index in [0.29, 0.717) is 20.6 Å². The summed E-state index contributed by atoms with van der Waals surface area (Å²) in [6.45, 7) is 7.92. The number of aromatic nitrogens is 2. The van der Waals surface area contributed by atoms with Gasteiger partial charge in [-0.3, -0.25) is 9.36 Å². The maximum Gasteiger partial charge on any atom is 0.338 e. The third-order valence-electron chi connectivity index (χ3n) is 7.08. The number of hydrogen-bond acceptors (Lipinski definition) is 6. The maximum absolute atomic E-state index is 14.0. The van der Waals surface area contributed by atoms with E-state index in [9.17, 15) is 9.59 Å². The molecule has 206 valence electrons. The smallest absolute Gasteiger partial charge is 0.338 e. The van der Waals surface area contributed by atoms with Crippen LogP contribution in [0.5, 0.6) is 0 Å². The Morgan fingerprint density at radius 1 is 1.10 bits per heavy atom. The molecule has 40 heavy (non-hydrogen) atoms. The number of rotatable bonds is 6. The largest absolute Gasteiger partial charge is 0.463 e. The Kier molecular flexibility index (Phi) is 7.70. The van der Waals surface area contributed by atoms with Gasteiger partial charge in [-0.1, -0.05) is 39.4 Å². The van der Waals surface area contributed by atoms with Crippen molar-refractivity contribution >= 4 is 45.0 Å². The molecular weight excluding hydrogens is 588 g/mol. The monoisotopic (exact) mass is 618 g/mol. The standard InChI is InChI=1S/C31H31BrN4O3S/c1-7-39-30(38)27-19(3)33-31-36(28(27)21-8-12-24(13-9-21)34(5)6)29(37)26(40-31)17-22-16-18(2)35(20(22)4)25-14-10-23(32)11-15-25/h8-17,28H,7H2,1-6H3/t28-/m0/s1. The summed E-state index contributed by atoms with van der Waals surface area (Å²) < 4.78 is 10.8. The highest BCUT2D eigenvalue weighted by atomic mass is 79.9. The number of esters is 1. The SMILES string of the molecule is CCOC(=O)C1=C(C)N=c2sc(=Cc3cc(C)n(-c4ccc(Br)cc4)c3C)c(=O)n2[C@H]1c1ccc(N(C)C)cc1. The van der Waals surface area contributed by atoms with E-state index >= 15 is 0 Å². The minimum absolute atomic E-state index is 0.187. The summed E-state index contributed by atoms with van der Waals surface area (Å²) in [7, 11) is 3.94. The van der Waals surface area contributed by atoms with Crippen LogP contribution in [0.1, 0.15) is 42.4 Å². The van der Waals surface area contributed by atoms with Gasteiger partial charge in [0.15, 0.2) is 4.80 Å². The highest BCUT2D eigenvalue weighted by molar-refractivity contribution is 9.10. The molecule has 0 spiro atoms. The highest BCUT2D eigenvalue weighted by Crippen LogP contribution is 2.31. The quantitative estimate of drug-likeness (QED) is 0.284. The molecule has 0 unspecified atom stereocenters. The maximum atomic E-state index is 14.0. The number of thiazole rings is 1. The van der Waals surface area contributed by atoms with Gasteiger partial charge in [0.25, 0.3) is 5.56 Å². The van der Waals surface area contributed by atoms with Gasteiger partial charge in [0, 0.05) is 41.3 Å². The average Bonchev–Trinajstić information content (AvgIpc) is 3.38. The zero-order valence-corrected chi connectivity index (χ0v) is 25.8. The molecule has 0 N–H and O–H groups in total. The Hall–Kier alpha value is -3.69. The fraction of sp³-hybridized carbons (Fsp3) is 0.258. The van der Waals surface area contributed by atoms with Crippen LogP contribution in [0, 0.1) is 13.8 Å². The summed E-state index contributed by atoms with van der Waals surface area (Å²) >= 11 is 4.84. The van der Waals surface area contributed by atoms with Gasteiger partial charge in [-0.15, -0.1) is 0 Å². The molecule has 1 aliphatic heterocycles. The van der Waals surface area contributed by atoms with Gasteiger partial charge in [0.2, 0.25) is 0 Å². The highest BCUT2D eigenvalue weighted by Gasteiger charge is 2.33. The van der Waals surface area contributed by atoms with Gasteiger partial charge in [-0.2, -0.15) is 0 Å². The van der Waals surface area contributed by atoms with Crippen molar-refractivity contribution in [3.8, 4) is 5.69 Å². The fourth-order valence-electron chi connectivity index (χ4n) is 5.12. The second kappa shape index (κ2) is 11.1. The van der Waals surface area contributed by atoms with Gasteiger partial charge in [0.1, 0.15) is 0 Å². The Morgan fingerprint density at radius 2 is 1.77 bits per heavy atom. The van der Waals surface area contributed by atoms with Crippen LogP contribution in [-0.4, -0.2) is 35.8 Å². The molecule has 7 nitrogen and oxygen atoms in total. The van der Waals surface area contributed by atoms with E-state index in [1.807, 2.05) is 61.5 Å². The number of halogens is 1. The number of benzene rings is 2. The average molecular weight is 620 g/mol. The number of carbonyl (C=O) groups is 1. The number of aryl methyl sites for hydroxylation is 1. The number of carbonyl (C=O) groups excluding carboxylic acids is 1. The minimum atomic E-state index is -0.635. The fourth-order valence-corrected chi connectivity index (χ4v) is 6.43. The van der Waals surface area contributed by atoms with Crippen molar-refractivity contribution in [3.05, 3.63) is 113 Å². The zero-order valence-electron chi connectivity index (χ0n) is 23.4. The normalized spacial score (nSPS) is 15.2. The predicted octanol–water partition coefficient (Wildman–Crippen LogP) is 5.03. The zero-order chi connectivity index (χ0) is 28.7. The number of hydrogen-bond donors (Lipinski definition) is 0. The van der Waals surface area contributed by atoms with Crippen LogP contribution in [0.25, 0.3) is 11.8 Å². The molecule has 5 rings (SSSR count). The summed E-state index contributed by atoms with van der Waals surface area (Å²) in [6.07, 6.45) is 1.93. The van der Waals surface area contributed by atoms with Crippen LogP contribution in [0.15, 0.2) is 80.1 Å². The summed E-state index contributed by atoms with van der Waals surface area (Å²) in [5, 5.41) is 0. The topological polar surface area (TPSA) is 68.8 Å². The molecule has 0 saturated carbocycles. The van der Waals surface area contributed by atoms with Crippen LogP contribution in [0.2, 0.25) is 0 Å². The summed E-state index contributed by atoms with van der Waals surface area (Å²) in [4.78, 5) is 34.4. The van der Waals surface area contributed by atoms with Crippen molar-refractivity contribution in [1.82, 2.24) is 9.13 Å². The molecule has 1 aliphatic rings. The van der Waals surface area contributed by atoms with Crippen molar-refractivity contribution in [2.75, 3.05) is 25.6 Å². The Balaban J connectivity index is 1.67. The first-order valence-corrected chi connectivity index (χ1v) is 14.6. The van der Waals surface area contributed by atoms with Crippen molar-refractivity contribution in [3.63, 3.8) is 0 Å². The Bertz CT molecular complexity index is 1810. The van der Waals surface area contributed by atoms with Crippen molar-refractivity contribution in [2.24, 2.45) is 4.99 Å². The lowest BCUT2D eigenvalue weighted by atomic mass is 9.95. The molecule has 0 aliphatic carbocycles. The first kappa shape index (κ1) is 27.9. The van der Waals surface area contributed by atoms with Gasteiger partial charge in [-0.25, -0.2) is 9.79 Å². The molecule has 2 aromatic heterocycles. The van der Waals surface area contributed by atoms with Crippen LogP contribution in [0.3, 0.4) is 0 Å². The van der Waals surface area contributed by atoms with Gasteiger partial charge in [0.05, 0.1) is 28.5 Å². The number of anilines is 1. The second-order valence-electron chi connectivity index (χ2n) is 9.93. The molecule has 0 amide bonds. The number of allylic oxidation sites excluding steroid dienone is 1. The van der Waals surface area contributed by atoms with Crippen LogP contribution < -0.4 is 19.8 Å². The third kappa shape index (κ3) is 4.99. The van der Waals surface area contributed by atoms with Crippen molar-refractivity contribution in [1.29, 1.82) is 0 Å². The van der Waals surface area contributed by atoms with Crippen LogP contribution >= 0.6 is 27.3 Å². The minimum Gasteiger partial charge on any atom is -0.463 e. The van der Waals surface area contributed by atoms with E-state index in [-0.39, 0.29) is 12.2 Å². The predicted molar refractivity (Wildman–Crippen MR) is 164 cm³/mol. The number of nitrogens with zero attached hydrogens (tertiary/aromatic N) is 4. The van der Waals surface area contributed by atoms with Gasteiger partial charge < -0.3 is 14.2 Å². The van der Waals surface area contributed by atoms with Crippen molar-refractivity contribution < 1.29 is 9.53 Å². The number of ether oxygens (including phenoxy) is 1. The molecule has 3 heterocycles. The molecule has 0 radical (unpaired) electrons. The molecule has 9 heteroatoms. The van der Waals surface area contributed by atoms with Crippen LogP contribution in [-0.2, 0) is 9.53 Å². The third-order valence-corrected chi connectivity index (χ3v) is 8.60. The molecular formula is C31H31BrN4O3S. The lowest BCUT2D eigenvalue weighted by Gasteiger charge is -2.25. The van der Waals surface area contributed by atoms with E-state index in [4.69, 9.17) is 9.73 Å². The lowest BCUT2D eigenvalue weighted by molar-refractivity contribution is -0.139. The van der Waals surface area contributed by atoms with E-state index in [2.05, 4.69) is 52.5 Å². The molecule has 1 atom stereocenters. The molecule has 2 aromatic carbocycles. The van der Waals surface area contributed by atoms with Crippen LogP contribution in [0.4, 0.5) is 5.69 Å². The summed E-state index contributed by atoms with van der Waals surface area (Å²) in [5.74, 6) is -0.460. The molecule has 4 aromatic rings. The number of fused-ring (bicyclic) bond motifs is 1. The van der Waals surface area contributed by atoms with E-state index in [0.717, 1.165) is 38.4 Å². The lowest BCUT2D eigenvalue weighted by Crippen LogP contribution is -2.40. The second-order valence-corrected chi connectivity index (χ2v) is 11.9. The van der Waals surface area contributed by atoms with E-state index in [1.165, 1.54) is 11.3 Å². The van der Waals surface area contributed by atoms with E-state index < -0.39 is 12.0 Å². The molecule has 0 saturated heterocycles.